The van der Waals surface area contributed by atoms with Crippen LogP contribution in [0.3, 0.4) is 0 Å². The molecule has 3 aromatic heterocycles. The zero-order chi connectivity index (χ0) is 19.1. The van der Waals surface area contributed by atoms with Crippen molar-refractivity contribution in [2.24, 2.45) is 0 Å². The molecule has 3 heterocycles. The predicted molar refractivity (Wildman–Crippen MR) is 98.8 cm³/mol. The van der Waals surface area contributed by atoms with Crippen molar-refractivity contribution >= 4 is 16.3 Å². The van der Waals surface area contributed by atoms with E-state index < -0.39 is 11.6 Å². The van der Waals surface area contributed by atoms with Crippen LogP contribution < -0.4 is 0 Å². The van der Waals surface area contributed by atoms with Crippen LogP contribution >= 0.6 is 11.3 Å². The maximum Gasteiger partial charge on any atom is 0.235 e. The molecule has 0 fully saturated rings. The van der Waals surface area contributed by atoms with E-state index in [0.29, 0.717) is 32.8 Å². The second-order valence-electron chi connectivity index (χ2n) is 6.11. The van der Waals surface area contributed by atoms with Gasteiger partial charge in [0.05, 0.1) is 0 Å². The van der Waals surface area contributed by atoms with E-state index in [9.17, 15) is 8.78 Å². The van der Waals surface area contributed by atoms with E-state index >= 15 is 0 Å². The first-order valence-corrected chi connectivity index (χ1v) is 9.16. The minimum atomic E-state index is -0.634. The summed E-state index contributed by atoms with van der Waals surface area (Å²) in [4.78, 5) is 0.561. The maximum atomic E-state index is 13.4. The number of fused-ring (bicyclic) bond motifs is 1. The van der Waals surface area contributed by atoms with Crippen molar-refractivity contribution in [2.75, 3.05) is 0 Å². The van der Waals surface area contributed by atoms with Gasteiger partial charge in [0.1, 0.15) is 17.3 Å². The zero-order valence-electron chi connectivity index (χ0n) is 14.2. The lowest BCUT2D eigenvalue weighted by Crippen LogP contribution is -1.99. The van der Waals surface area contributed by atoms with E-state index in [2.05, 4.69) is 20.5 Å². The van der Waals surface area contributed by atoms with Gasteiger partial charge in [-0.2, -0.15) is 9.61 Å². The summed E-state index contributed by atoms with van der Waals surface area (Å²) < 4.78 is 33.8. The lowest BCUT2D eigenvalue weighted by molar-refractivity contribution is 0.435. The van der Waals surface area contributed by atoms with Gasteiger partial charge in [0, 0.05) is 24.1 Å². The Balaban J connectivity index is 1.47. The molecular weight excluding hydrogens is 384 g/mol. The Bertz CT molecular complexity index is 1260. The van der Waals surface area contributed by atoms with Gasteiger partial charge in [-0.15, -0.1) is 10.2 Å². The summed E-state index contributed by atoms with van der Waals surface area (Å²) in [7, 11) is 0. The number of halogens is 2. The molecule has 6 nitrogen and oxygen atoms in total. The van der Waals surface area contributed by atoms with Gasteiger partial charge in [-0.25, -0.2) is 8.78 Å². The molecule has 5 rings (SSSR count). The molecule has 0 aliphatic heterocycles. The predicted octanol–water partition coefficient (Wildman–Crippen LogP) is 4.38. The van der Waals surface area contributed by atoms with Crippen molar-refractivity contribution in [3.05, 3.63) is 77.6 Å². The van der Waals surface area contributed by atoms with Gasteiger partial charge in [0.15, 0.2) is 16.6 Å². The highest BCUT2D eigenvalue weighted by molar-refractivity contribution is 7.19. The van der Waals surface area contributed by atoms with Crippen molar-refractivity contribution in [2.45, 2.75) is 6.42 Å². The average Bonchev–Trinajstić information content (AvgIpc) is 3.38. The summed E-state index contributed by atoms with van der Waals surface area (Å²) in [6.45, 7) is 0. The van der Waals surface area contributed by atoms with Gasteiger partial charge in [0.2, 0.25) is 4.96 Å². The van der Waals surface area contributed by atoms with Crippen LogP contribution in [0.15, 0.2) is 59.1 Å². The highest BCUT2D eigenvalue weighted by Crippen LogP contribution is 2.29. The Kier molecular flexibility index (Phi) is 3.94. The van der Waals surface area contributed by atoms with Crippen LogP contribution in [0.4, 0.5) is 8.78 Å². The molecule has 0 saturated heterocycles. The van der Waals surface area contributed by atoms with E-state index in [1.54, 1.807) is 4.52 Å². The third-order valence-corrected chi connectivity index (χ3v) is 5.05. The summed E-state index contributed by atoms with van der Waals surface area (Å²) in [6.07, 6.45) is 0.201. The fraction of sp³-hybridized carbons (Fsp3) is 0.0526. The third kappa shape index (κ3) is 3.05. The highest BCUT2D eigenvalue weighted by atomic mass is 32.1. The molecule has 9 heteroatoms. The number of hydrogen-bond acceptors (Lipinski definition) is 6. The minimum Gasteiger partial charge on any atom is -0.356 e. The van der Waals surface area contributed by atoms with E-state index in [0.717, 1.165) is 11.6 Å². The van der Waals surface area contributed by atoms with Crippen molar-refractivity contribution < 1.29 is 13.3 Å². The molecule has 0 unspecified atom stereocenters. The van der Waals surface area contributed by atoms with Gasteiger partial charge < -0.3 is 4.52 Å². The Morgan fingerprint density at radius 1 is 0.964 bits per heavy atom. The molecule has 0 aliphatic rings. The van der Waals surface area contributed by atoms with Crippen LogP contribution in [0.2, 0.25) is 0 Å². The van der Waals surface area contributed by atoms with E-state index in [1.165, 1.54) is 23.5 Å². The van der Waals surface area contributed by atoms with Gasteiger partial charge >= 0.3 is 0 Å². The smallest absolute Gasteiger partial charge is 0.235 e. The van der Waals surface area contributed by atoms with Gasteiger partial charge in [0.25, 0.3) is 0 Å². The lowest BCUT2D eigenvalue weighted by Gasteiger charge is -1.99. The molecule has 0 atom stereocenters. The number of nitrogens with zero attached hydrogens (tertiary/aromatic N) is 5. The number of aromatic nitrogens is 5. The second kappa shape index (κ2) is 6.61. The molecule has 5 aromatic rings. The molecule has 0 aliphatic carbocycles. The molecule has 0 amide bonds. The molecule has 0 bridgehead atoms. The summed E-state index contributed by atoms with van der Waals surface area (Å²) >= 11 is 1.30. The average molecular weight is 395 g/mol. The van der Waals surface area contributed by atoms with Crippen LogP contribution in [0.5, 0.6) is 0 Å². The standard InChI is InChI=1S/C19H11F2N5OS/c20-13-6-11(7-14(21)9-13)8-17-22-23-19-26(17)24-18(28-19)15-10-16(27-25-15)12-4-2-1-3-5-12/h1-7,9-10H,8H2. The summed E-state index contributed by atoms with van der Waals surface area (Å²) in [6, 6.07) is 14.8. The van der Waals surface area contributed by atoms with Crippen molar-refractivity contribution in [3.63, 3.8) is 0 Å². The van der Waals surface area contributed by atoms with Crippen LogP contribution in [-0.2, 0) is 6.42 Å². The molecular formula is C19H11F2N5OS. The van der Waals surface area contributed by atoms with Crippen molar-refractivity contribution in [1.82, 2.24) is 25.0 Å². The summed E-state index contributed by atoms with van der Waals surface area (Å²) in [5.41, 5.74) is 1.95. The fourth-order valence-corrected chi connectivity index (χ4v) is 3.69. The Morgan fingerprint density at radius 3 is 2.54 bits per heavy atom. The van der Waals surface area contributed by atoms with Crippen LogP contribution in [0.25, 0.3) is 27.0 Å². The number of rotatable bonds is 4. The van der Waals surface area contributed by atoms with E-state index in [4.69, 9.17) is 4.52 Å². The Labute approximate surface area is 161 Å². The van der Waals surface area contributed by atoms with E-state index in [1.807, 2.05) is 36.4 Å². The van der Waals surface area contributed by atoms with Crippen LogP contribution in [-0.4, -0.2) is 25.0 Å². The Hall–Kier alpha value is -3.46. The molecule has 2 aromatic carbocycles. The minimum absolute atomic E-state index is 0.201. The lowest BCUT2D eigenvalue weighted by atomic mass is 10.1. The highest BCUT2D eigenvalue weighted by Gasteiger charge is 2.17. The summed E-state index contributed by atoms with van der Waals surface area (Å²) in [5.74, 6) is -0.150. The quantitative estimate of drug-likeness (QED) is 0.452. The largest absolute Gasteiger partial charge is 0.356 e. The monoisotopic (exact) mass is 395 g/mol. The fourth-order valence-electron chi connectivity index (χ4n) is 2.88. The van der Waals surface area contributed by atoms with Crippen LogP contribution in [0, 0.1) is 11.6 Å². The molecule has 0 N–H and O–H groups in total. The second-order valence-corrected chi connectivity index (χ2v) is 7.07. The van der Waals surface area contributed by atoms with Gasteiger partial charge in [-0.05, 0) is 17.7 Å². The number of hydrogen-bond donors (Lipinski definition) is 0. The van der Waals surface area contributed by atoms with Gasteiger partial charge in [-0.3, -0.25) is 0 Å². The van der Waals surface area contributed by atoms with Crippen molar-refractivity contribution in [3.8, 4) is 22.0 Å². The molecule has 28 heavy (non-hydrogen) atoms. The topological polar surface area (TPSA) is 69.1 Å². The molecule has 138 valence electrons. The third-order valence-electron chi connectivity index (χ3n) is 4.13. The normalized spacial score (nSPS) is 11.4. The summed E-state index contributed by atoms with van der Waals surface area (Å²) in [5, 5.41) is 17.4. The number of benzene rings is 2. The van der Waals surface area contributed by atoms with Gasteiger partial charge in [-0.1, -0.05) is 46.8 Å². The zero-order valence-corrected chi connectivity index (χ0v) is 15.0. The maximum absolute atomic E-state index is 13.4. The molecule has 0 saturated carbocycles. The first kappa shape index (κ1) is 16.7. The van der Waals surface area contributed by atoms with Crippen LogP contribution in [0.1, 0.15) is 11.4 Å². The SMILES string of the molecule is Fc1cc(F)cc(Cc2nnc3sc(-c4cc(-c5ccccc5)on4)nn23)c1. The molecule has 0 radical (unpaired) electrons. The first-order chi connectivity index (χ1) is 13.7. The first-order valence-electron chi connectivity index (χ1n) is 8.34. The Morgan fingerprint density at radius 2 is 1.75 bits per heavy atom. The van der Waals surface area contributed by atoms with E-state index in [-0.39, 0.29) is 6.42 Å². The van der Waals surface area contributed by atoms with Crippen molar-refractivity contribution in [1.29, 1.82) is 0 Å². The molecule has 0 spiro atoms.